The van der Waals surface area contributed by atoms with Crippen molar-refractivity contribution < 1.29 is 14.3 Å². The number of nitrogens with one attached hydrogen (secondary N) is 2. The normalized spacial score (nSPS) is 10.8. The number of urea groups is 1. The highest BCUT2D eigenvalue weighted by Gasteiger charge is 2.18. The van der Waals surface area contributed by atoms with Crippen LogP contribution in [0, 0.1) is 0 Å². The van der Waals surface area contributed by atoms with Gasteiger partial charge in [0.05, 0.1) is 0 Å². The van der Waals surface area contributed by atoms with E-state index in [4.69, 9.17) is 4.74 Å². The van der Waals surface area contributed by atoms with Crippen LogP contribution in [0.2, 0.25) is 0 Å². The van der Waals surface area contributed by atoms with Gasteiger partial charge >= 0.3 is 6.03 Å². The third-order valence-electron chi connectivity index (χ3n) is 3.64. The summed E-state index contributed by atoms with van der Waals surface area (Å²) in [4.78, 5) is 25.8. The summed E-state index contributed by atoms with van der Waals surface area (Å²) in [6.45, 7) is 6.00. The molecule has 0 bridgehead atoms. The van der Waals surface area contributed by atoms with Crippen LogP contribution in [-0.4, -0.2) is 36.0 Å². The molecule has 0 saturated carbocycles. The fourth-order valence-electron chi connectivity index (χ4n) is 2.40. The lowest BCUT2D eigenvalue weighted by atomic mass is 10.1. The van der Waals surface area contributed by atoms with Gasteiger partial charge in [-0.1, -0.05) is 36.4 Å². The second kappa shape index (κ2) is 9.07. The third-order valence-corrected chi connectivity index (χ3v) is 3.64. The highest BCUT2D eigenvalue weighted by atomic mass is 16.5. The topological polar surface area (TPSA) is 70.7 Å². The first-order valence-electron chi connectivity index (χ1n) is 8.83. The van der Waals surface area contributed by atoms with Gasteiger partial charge in [0.25, 0.3) is 0 Å². The van der Waals surface area contributed by atoms with Crippen LogP contribution in [0.5, 0.6) is 5.75 Å². The van der Waals surface area contributed by atoms with Crippen molar-refractivity contribution in [2.45, 2.75) is 32.9 Å². The van der Waals surface area contributed by atoms with E-state index < -0.39 is 0 Å². The zero-order valence-corrected chi connectivity index (χ0v) is 16.3. The van der Waals surface area contributed by atoms with Gasteiger partial charge in [-0.15, -0.1) is 0 Å². The number of rotatable bonds is 6. The third kappa shape index (κ3) is 7.01. The lowest BCUT2D eigenvalue weighted by molar-refractivity contribution is -0.122. The summed E-state index contributed by atoms with van der Waals surface area (Å²) in [5.41, 5.74) is 1.17. The standard InChI is InChI=1S/C21H27N3O3/c1-21(2,3)23-19(25)14-24(4)20(26)22-18-13-9-8-10-16(18)15-27-17-11-6-5-7-12-17/h5-13H,14-15H2,1-4H3,(H,22,26)(H,23,25). The molecule has 0 unspecified atom stereocenters. The van der Waals surface area contributed by atoms with Gasteiger partial charge in [0.1, 0.15) is 18.9 Å². The molecule has 0 radical (unpaired) electrons. The van der Waals surface area contributed by atoms with E-state index in [1.807, 2.05) is 75.4 Å². The van der Waals surface area contributed by atoms with Crippen molar-refractivity contribution in [3.63, 3.8) is 0 Å². The first-order chi connectivity index (χ1) is 12.7. The van der Waals surface area contributed by atoms with Crippen LogP contribution in [0.25, 0.3) is 0 Å². The Labute approximate surface area is 160 Å². The minimum Gasteiger partial charge on any atom is -0.489 e. The number of carbonyl (C=O) groups is 2. The van der Waals surface area contributed by atoms with E-state index >= 15 is 0 Å². The van der Waals surface area contributed by atoms with Crippen molar-refractivity contribution in [3.8, 4) is 5.75 Å². The maximum Gasteiger partial charge on any atom is 0.322 e. The molecule has 0 fully saturated rings. The van der Waals surface area contributed by atoms with E-state index in [0.717, 1.165) is 11.3 Å². The lowest BCUT2D eigenvalue weighted by Crippen LogP contribution is -2.47. The maximum absolute atomic E-state index is 12.4. The number of hydrogen-bond acceptors (Lipinski definition) is 3. The molecule has 0 heterocycles. The molecule has 144 valence electrons. The summed E-state index contributed by atoms with van der Waals surface area (Å²) in [5, 5.41) is 5.68. The van der Waals surface area contributed by atoms with E-state index in [1.165, 1.54) is 4.90 Å². The van der Waals surface area contributed by atoms with Crippen molar-refractivity contribution in [3.05, 3.63) is 60.2 Å². The molecule has 27 heavy (non-hydrogen) atoms. The Morgan fingerprint density at radius 2 is 1.63 bits per heavy atom. The molecule has 2 rings (SSSR count). The molecule has 6 nitrogen and oxygen atoms in total. The molecule has 2 aromatic rings. The number of benzene rings is 2. The van der Waals surface area contributed by atoms with Crippen LogP contribution < -0.4 is 15.4 Å². The monoisotopic (exact) mass is 369 g/mol. The van der Waals surface area contributed by atoms with Gasteiger partial charge in [0, 0.05) is 23.8 Å². The summed E-state index contributed by atoms with van der Waals surface area (Å²) in [7, 11) is 1.58. The second-order valence-electron chi connectivity index (χ2n) is 7.34. The number of likely N-dealkylation sites (N-methyl/N-ethyl adjacent to an activating group) is 1. The Morgan fingerprint density at radius 1 is 1.00 bits per heavy atom. The summed E-state index contributed by atoms with van der Waals surface area (Å²) in [6, 6.07) is 16.6. The molecule has 6 heteroatoms. The van der Waals surface area contributed by atoms with E-state index in [9.17, 15) is 9.59 Å². The molecule has 0 aromatic heterocycles. The molecule has 2 N–H and O–H groups in total. The Bertz CT molecular complexity index is 770. The highest BCUT2D eigenvalue weighted by molar-refractivity contribution is 5.92. The average molecular weight is 369 g/mol. The van der Waals surface area contributed by atoms with Gasteiger partial charge in [0.2, 0.25) is 5.91 Å². The van der Waals surface area contributed by atoms with Crippen molar-refractivity contribution in [1.82, 2.24) is 10.2 Å². The minimum atomic E-state index is -0.355. The molecule has 0 atom stereocenters. The lowest BCUT2D eigenvalue weighted by Gasteiger charge is -2.24. The zero-order valence-electron chi connectivity index (χ0n) is 16.3. The molecule has 2 aromatic carbocycles. The smallest absolute Gasteiger partial charge is 0.322 e. The number of amides is 3. The van der Waals surface area contributed by atoms with Gasteiger partial charge in [-0.3, -0.25) is 4.79 Å². The minimum absolute atomic E-state index is 0.0220. The van der Waals surface area contributed by atoms with Crippen molar-refractivity contribution in [2.75, 3.05) is 18.9 Å². The number of nitrogens with zero attached hydrogens (tertiary/aromatic N) is 1. The summed E-state index contributed by atoms with van der Waals surface area (Å²) in [5.74, 6) is 0.551. The van der Waals surface area contributed by atoms with Crippen LogP contribution >= 0.6 is 0 Å². The van der Waals surface area contributed by atoms with Gasteiger partial charge in [-0.25, -0.2) is 4.79 Å². The van der Waals surface area contributed by atoms with Gasteiger partial charge in [-0.2, -0.15) is 0 Å². The van der Waals surface area contributed by atoms with Crippen molar-refractivity contribution in [1.29, 1.82) is 0 Å². The largest absolute Gasteiger partial charge is 0.489 e. The molecular formula is C21H27N3O3. The van der Waals surface area contributed by atoms with Gasteiger partial charge in [-0.05, 0) is 39.0 Å². The Hall–Kier alpha value is -3.02. The van der Waals surface area contributed by atoms with Crippen LogP contribution in [-0.2, 0) is 11.4 Å². The molecule has 0 aliphatic rings. The fourth-order valence-corrected chi connectivity index (χ4v) is 2.40. The quantitative estimate of drug-likeness (QED) is 0.817. The maximum atomic E-state index is 12.4. The SMILES string of the molecule is CN(CC(=O)NC(C)(C)C)C(=O)Nc1ccccc1COc1ccccc1. The first kappa shape index (κ1) is 20.3. The van der Waals surface area contributed by atoms with E-state index in [2.05, 4.69) is 10.6 Å². The predicted octanol–water partition coefficient (Wildman–Crippen LogP) is 3.64. The van der Waals surface area contributed by atoms with E-state index in [0.29, 0.717) is 12.3 Å². The number of ether oxygens (including phenoxy) is 1. The van der Waals surface area contributed by atoms with Crippen molar-refractivity contribution >= 4 is 17.6 Å². The number of para-hydroxylation sites is 2. The Morgan fingerprint density at radius 3 is 2.30 bits per heavy atom. The van der Waals surface area contributed by atoms with Gasteiger partial charge in [0.15, 0.2) is 0 Å². The molecule has 3 amide bonds. The van der Waals surface area contributed by atoms with Crippen molar-refractivity contribution in [2.24, 2.45) is 0 Å². The van der Waals surface area contributed by atoms with E-state index in [1.54, 1.807) is 7.05 Å². The number of hydrogen-bond donors (Lipinski definition) is 2. The van der Waals surface area contributed by atoms with Crippen LogP contribution in [0.15, 0.2) is 54.6 Å². The molecule has 0 saturated heterocycles. The van der Waals surface area contributed by atoms with E-state index in [-0.39, 0.29) is 24.0 Å². The number of anilines is 1. The Kier molecular flexibility index (Phi) is 6.82. The summed E-state index contributed by atoms with van der Waals surface area (Å²) < 4.78 is 5.77. The van der Waals surface area contributed by atoms with Crippen LogP contribution in [0.1, 0.15) is 26.3 Å². The van der Waals surface area contributed by atoms with Crippen LogP contribution in [0.4, 0.5) is 10.5 Å². The number of carbonyl (C=O) groups excluding carboxylic acids is 2. The average Bonchev–Trinajstić information content (AvgIpc) is 2.60. The van der Waals surface area contributed by atoms with Gasteiger partial charge < -0.3 is 20.3 Å². The molecule has 0 aliphatic heterocycles. The zero-order chi connectivity index (χ0) is 19.9. The summed E-state index contributed by atoms with van der Waals surface area (Å²) in [6.07, 6.45) is 0. The Balaban J connectivity index is 1.96. The molecule has 0 spiro atoms. The predicted molar refractivity (Wildman–Crippen MR) is 107 cm³/mol. The fraction of sp³-hybridized carbons (Fsp3) is 0.333. The highest BCUT2D eigenvalue weighted by Crippen LogP contribution is 2.19. The summed E-state index contributed by atoms with van der Waals surface area (Å²) >= 11 is 0. The van der Waals surface area contributed by atoms with Crippen LogP contribution in [0.3, 0.4) is 0 Å². The molecule has 0 aliphatic carbocycles. The molecular weight excluding hydrogens is 342 g/mol. The second-order valence-corrected chi connectivity index (χ2v) is 7.34. The first-order valence-corrected chi connectivity index (χ1v) is 8.83.